The summed E-state index contributed by atoms with van der Waals surface area (Å²) < 4.78 is 41.3. The Kier molecular flexibility index (Phi) is 5.56. The number of alkyl halides is 3. The Hall–Kier alpha value is -1.95. The Bertz CT molecular complexity index is 852. The van der Waals surface area contributed by atoms with E-state index in [1.165, 1.54) is 18.6 Å². The summed E-state index contributed by atoms with van der Waals surface area (Å²) in [5.74, 6) is -0.714. The molecule has 146 valence electrons. The van der Waals surface area contributed by atoms with E-state index < -0.39 is 17.7 Å². The van der Waals surface area contributed by atoms with Gasteiger partial charge in [0.2, 0.25) is 0 Å². The van der Waals surface area contributed by atoms with E-state index in [2.05, 4.69) is 0 Å². The average Bonchev–Trinajstić information content (AvgIpc) is 2.92. The van der Waals surface area contributed by atoms with Gasteiger partial charge in [-0.25, -0.2) is 4.79 Å². The van der Waals surface area contributed by atoms with E-state index in [4.69, 9.17) is 11.6 Å². The van der Waals surface area contributed by atoms with Gasteiger partial charge in [0.1, 0.15) is 0 Å². The molecule has 1 fully saturated rings. The molecule has 0 amide bonds. The Morgan fingerprint density at radius 2 is 1.89 bits per heavy atom. The van der Waals surface area contributed by atoms with Crippen molar-refractivity contribution in [2.75, 3.05) is 0 Å². The lowest BCUT2D eigenvalue weighted by molar-refractivity contribution is -0.137. The summed E-state index contributed by atoms with van der Waals surface area (Å²) in [5.41, 5.74) is 0.456. The quantitative estimate of drug-likeness (QED) is 0.645. The van der Waals surface area contributed by atoms with Crippen molar-refractivity contribution >= 4 is 17.6 Å². The van der Waals surface area contributed by atoms with Crippen molar-refractivity contribution in [2.45, 2.75) is 51.7 Å². The molecule has 7 heteroatoms. The molecule has 1 aliphatic carbocycles. The lowest BCUT2D eigenvalue weighted by Crippen LogP contribution is -2.16. The zero-order valence-corrected chi connectivity index (χ0v) is 15.7. The minimum absolute atomic E-state index is 0.0919. The van der Waals surface area contributed by atoms with Crippen LogP contribution in [0.1, 0.15) is 53.7 Å². The fraction of sp³-hybridized carbons (Fsp3) is 0.450. The third-order valence-corrected chi connectivity index (χ3v) is 5.66. The molecule has 0 aliphatic heterocycles. The first-order valence-electron chi connectivity index (χ1n) is 8.99. The maximum atomic E-state index is 13.2. The maximum absolute atomic E-state index is 13.2. The van der Waals surface area contributed by atoms with Crippen molar-refractivity contribution in [2.24, 2.45) is 5.92 Å². The normalized spacial score (nSPS) is 15.9. The molecule has 1 heterocycles. The second kappa shape index (κ2) is 7.58. The summed E-state index contributed by atoms with van der Waals surface area (Å²) in [5, 5.41) is 9.65. The molecule has 0 atom stereocenters. The van der Waals surface area contributed by atoms with Crippen LogP contribution in [0.4, 0.5) is 13.2 Å². The number of carboxylic acids is 1. The van der Waals surface area contributed by atoms with Crippen molar-refractivity contribution in [3.05, 3.63) is 46.1 Å². The third kappa shape index (κ3) is 4.15. The van der Waals surface area contributed by atoms with Gasteiger partial charge in [0.15, 0.2) is 0 Å². The molecule has 0 bridgehead atoms. The van der Waals surface area contributed by atoms with E-state index in [9.17, 15) is 23.1 Å². The highest BCUT2D eigenvalue weighted by Crippen LogP contribution is 2.38. The number of carbonyl (C=O) groups is 1. The summed E-state index contributed by atoms with van der Waals surface area (Å²) >= 11 is 6.21. The lowest BCUT2D eigenvalue weighted by Gasteiger charge is -2.24. The van der Waals surface area contributed by atoms with Gasteiger partial charge < -0.3 is 9.67 Å². The molecule has 0 spiro atoms. The number of benzene rings is 1. The topological polar surface area (TPSA) is 42.2 Å². The van der Waals surface area contributed by atoms with Gasteiger partial charge in [0.25, 0.3) is 0 Å². The van der Waals surface area contributed by atoms with Crippen molar-refractivity contribution in [3.8, 4) is 11.3 Å². The predicted octanol–water partition coefficient (Wildman–Crippen LogP) is 6.41. The van der Waals surface area contributed by atoms with Crippen molar-refractivity contribution in [1.29, 1.82) is 0 Å². The number of carboxylic acid groups (broad SMARTS) is 1. The number of aromatic nitrogens is 1. The van der Waals surface area contributed by atoms with Crippen LogP contribution in [-0.2, 0) is 12.7 Å². The standard InChI is InChI=1S/C20H21ClF3NO2/c1-12-15(19(26)27)10-18(25(12)11-13-5-3-2-4-6-13)16-9-14(20(22,23)24)7-8-17(16)21/h7-10,13H,2-6,11H2,1H3,(H,26,27). The highest BCUT2D eigenvalue weighted by atomic mass is 35.5. The van der Waals surface area contributed by atoms with Gasteiger partial charge in [-0.15, -0.1) is 0 Å². The molecule has 2 aromatic rings. The zero-order valence-electron chi connectivity index (χ0n) is 14.9. The van der Waals surface area contributed by atoms with Gasteiger partial charge in [-0.05, 0) is 49.9 Å². The third-order valence-electron chi connectivity index (χ3n) is 5.33. The van der Waals surface area contributed by atoms with E-state index in [-0.39, 0.29) is 16.1 Å². The number of hydrogen-bond donors (Lipinski definition) is 1. The van der Waals surface area contributed by atoms with Crippen molar-refractivity contribution in [1.82, 2.24) is 4.57 Å². The fourth-order valence-corrected chi connectivity index (χ4v) is 4.06. The Morgan fingerprint density at radius 3 is 2.48 bits per heavy atom. The van der Waals surface area contributed by atoms with Gasteiger partial charge in [-0.2, -0.15) is 13.2 Å². The molecule has 3 rings (SSSR count). The molecule has 27 heavy (non-hydrogen) atoms. The number of hydrogen-bond acceptors (Lipinski definition) is 1. The van der Waals surface area contributed by atoms with Crippen LogP contribution in [0.3, 0.4) is 0 Å². The Balaban J connectivity index is 2.11. The van der Waals surface area contributed by atoms with E-state index in [0.29, 0.717) is 23.9 Å². The van der Waals surface area contributed by atoms with Crippen LogP contribution in [-0.4, -0.2) is 15.6 Å². The summed E-state index contributed by atoms with van der Waals surface area (Å²) in [6.07, 6.45) is 1.01. The summed E-state index contributed by atoms with van der Waals surface area (Å²) in [4.78, 5) is 11.6. The van der Waals surface area contributed by atoms with Gasteiger partial charge in [-0.1, -0.05) is 30.9 Å². The van der Waals surface area contributed by atoms with Crippen LogP contribution in [0.25, 0.3) is 11.3 Å². The van der Waals surface area contributed by atoms with Crippen LogP contribution in [0.15, 0.2) is 24.3 Å². The van der Waals surface area contributed by atoms with Crippen molar-refractivity contribution in [3.63, 3.8) is 0 Å². The molecule has 1 aromatic heterocycles. The van der Waals surface area contributed by atoms with E-state index in [1.807, 2.05) is 4.57 Å². The van der Waals surface area contributed by atoms with Crippen LogP contribution in [0, 0.1) is 12.8 Å². The first-order valence-corrected chi connectivity index (χ1v) is 9.37. The molecule has 1 N–H and O–H groups in total. The number of rotatable bonds is 4. The number of nitrogens with zero attached hydrogens (tertiary/aromatic N) is 1. The molecule has 3 nitrogen and oxygen atoms in total. The monoisotopic (exact) mass is 399 g/mol. The Labute approximate surface area is 160 Å². The smallest absolute Gasteiger partial charge is 0.416 e. The second-order valence-corrected chi connectivity index (χ2v) is 7.55. The van der Waals surface area contributed by atoms with Crippen LogP contribution < -0.4 is 0 Å². The first-order chi connectivity index (χ1) is 12.7. The summed E-state index contributed by atoms with van der Waals surface area (Å²) in [7, 11) is 0. The average molecular weight is 400 g/mol. The summed E-state index contributed by atoms with van der Waals surface area (Å²) in [6.45, 7) is 2.28. The molecule has 1 aliphatic rings. The largest absolute Gasteiger partial charge is 0.478 e. The number of halogens is 4. The van der Waals surface area contributed by atoms with Gasteiger partial charge in [-0.3, -0.25) is 0 Å². The Morgan fingerprint density at radius 1 is 1.22 bits per heavy atom. The molecule has 0 radical (unpaired) electrons. The highest BCUT2D eigenvalue weighted by Gasteiger charge is 2.32. The second-order valence-electron chi connectivity index (χ2n) is 7.14. The van der Waals surface area contributed by atoms with Crippen LogP contribution in [0.5, 0.6) is 0 Å². The first kappa shape index (κ1) is 19.8. The SMILES string of the molecule is Cc1c(C(=O)O)cc(-c2cc(C(F)(F)F)ccc2Cl)n1CC1CCCCC1. The molecule has 0 saturated heterocycles. The van der Waals surface area contributed by atoms with E-state index >= 15 is 0 Å². The highest BCUT2D eigenvalue weighted by molar-refractivity contribution is 6.33. The molecular formula is C20H21ClF3NO2. The van der Waals surface area contributed by atoms with Gasteiger partial charge >= 0.3 is 12.1 Å². The van der Waals surface area contributed by atoms with Gasteiger partial charge in [0, 0.05) is 22.8 Å². The van der Waals surface area contributed by atoms with Crippen molar-refractivity contribution < 1.29 is 23.1 Å². The summed E-state index contributed by atoms with van der Waals surface area (Å²) in [6, 6.07) is 4.58. The molecular weight excluding hydrogens is 379 g/mol. The van der Waals surface area contributed by atoms with Gasteiger partial charge in [0.05, 0.1) is 16.8 Å². The lowest BCUT2D eigenvalue weighted by atomic mass is 9.89. The maximum Gasteiger partial charge on any atom is 0.416 e. The van der Waals surface area contributed by atoms with E-state index in [0.717, 1.165) is 37.8 Å². The minimum atomic E-state index is -4.50. The minimum Gasteiger partial charge on any atom is -0.478 e. The zero-order chi connectivity index (χ0) is 19.8. The van der Waals surface area contributed by atoms with E-state index in [1.54, 1.807) is 6.92 Å². The molecule has 0 unspecified atom stereocenters. The molecule has 1 aromatic carbocycles. The fourth-order valence-electron chi connectivity index (χ4n) is 3.85. The predicted molar refractivity (Wildman–Crippen MR) is 98.2 cm³/mol. The van der Waals surface area contributed by atoms with Crippen LogP contribution in [0.2, 0.25) is 5.02 Å². The molecule has 1 saturated carbocycles. The van der Waals surface area contributed by atoms with Crippen LogP contribution >= 0.6 is 11.6 Å². The number of aromatic carboxylic acids is 1.